The van der Waals surface area contributed by atoms with Crippen molar-refractivity contribution in [2.24, 2.45) is 0 Å². The number of benzene rings is 3. The summed E-state index contributed by atoms with van der Waals surface area (Å²) < 4.78 is 4.83. The third-order valence-electron chi connectivity index (χ3n) is 8.36. The SMILES string of the molecule is CC(C)c1cc(C(C)(C)C)cc(C(C)C)c1-c1[c-]c(-c2c(C(C)C)cc(C(C)(C)C)cc2C(C)C)ccc1.CCOCC.[Li+]. The molecule has 3 rings (SSSR count). The van der Waals surface area contributed by atoms with Crippen molar-refractivity contribution in [3.63, 3.8) is 0 Å². The molecular weight excluding hydrogens is 527 g/mol. The van der Waals surface area contributed by atoms with Crippen molar-refractivity contribution in [1.29, 1.82) is 0 Å². The number of hydrogen-bond acceptors (Lipinski definition) is 1. The Hall–Kier alpha value is -1.78. The van der Waals surface area contributed by atoms with Gasteiger partial charge in [0.05, 0.1) is 0 Å². The molecular formula is C42H63LiO. The van der Waals surface area contributed by atoms with E-state index in [-0.39, 0.29) is 29.7 Å². The maximum Gasteiger partial charge on any atom is 1.00 e. The second kappa shape index (κ2) is 16.7. The Labute approximate surface area is 285 Å². The van der Waals surface area contributed by atoms with E-state index in [1.54, 1.807) is 0 Å². The van der Waals surface area contributed by atoms with Crippen LogP contribution in [0.4, 0.5) is 0 Å². The van der Waals surface area contributed by atoms with Gasteiger partial charge >= 0.3 is 18.9 Å². The molecule has 238 valence electrons. The minimum absolute atomic E-state index is 0. The summed E-state index contributed by atoms with van der Waals surface area (Å²) in [6.45, 7) is 38.3. The van der Waals surface area contributed by atoms with Gasteiger partial charge in [0, 0.05) is 13.2 Å². The fraction of sp³-hybridized carbons (Fsp3) is 0.571. The molecule has 0 aliphatic heterocycles. The number of hydrogen-bond donors (Lipinski definition) is 0. The molecule has 0 unspecified atom stereocenters. The zero-order chi connectivity index (χ0) is 32.9. The van der Waals surface area contributed by atoms with Crippen LogP contribution in [0.3, 0.4) is 0 Å². The fourth-order valence-corrected chi connectivity index (χ4v) is 5.65. The molecule has 3 aromatic rings. The second-order valence-electron chi connectivity index (χ2n) is 15.4. The first-order valence-corrected chi connectivity index (χ1v) is 16.8. The van der Waals surface area contributed by atoms with Crippen molar-refractivity contribution >= 4 is 0 Å². The van der Waals surface area contributed by atoms with E-state index in [1.807, 2.05) is 13.8 Å². The number of rotatable bonds is 8. The van der Waals surface area contributed by atoms with Gasteiger partial charge in [-0.3, -0.25) is 0 Å². The topological polar surface area (TPSA) is 9.23 Å². The first kappa shape index (κ1) is 40.2. The Bertz CT molecular complexity index is 1170. The maximum atomic E-state index is 4.83. The first-order valence-electron chi connectivity index (χ1n) is 16.8. The van der Waals surface area contributed by atoms with Crippen LogP contribution in [0.15, 0.2) is 42.5 Å². The van der Waals surface area contributed by atoms with Crippen molar-refractivity contribution < 1.29 is 23.6 Å². The monoisotopic (exact) mass is 591 g/mol. The summed E-state index contributed by atoms with van der Waals surface area (Å²) in [7, 11) is 0. The van der Waals surface area contributed by atoms with Crippen LogP contribution in [0.2, 0.25) is 0 Å². The van der Waals surface area contributed by atoms with E-state index < -0.39 is 0 Å². The summed E-state index contributed by atoms with van der Waals surface area (Å²) in [5.74, 6) is 1.74. The molecule has 0 aliphatic rings. The van der Waals surface area contributed by atoms with Gasteiger partial charge in [0.2, 0.25) is 0 Å². The molecule has 0 atom stereocenters. The Morgan fingerprint density at radius 3 is 1.00 bits per heavy atom. The molecule has 2 heteroatoms. The van der Waals surface area contributed by atoms with Gasteiger partial charge in [-0.15, -0.1) is 35.4 Å². The van der Waals surface area contributed by atoms with E-state index in [0.29, 0.717) is 23.7 Å². The fourth-order valence-electron chi connectivity index (χ4n) is 5.65. The van der Waals surface area contributed by atoms with E-state index in [4.69, 9.17) is 4.74 Å². The molecule has 1 nitrogen and oxygen atoms in total. The third kappa shape index (κ3) is 10.1. The van der Waals surface area contributed by atoms with Crippen LogP contribution in [0.5, 0.6) is 0 Å². The Balaban J connectivity index is 0.00000149. The van der Waals surface area contributed by atoms with E-state index >= 15 is 0 Å². The maximum absolute atomic E-state index is 4.83. The van der Waals surface area contributed by atoms with Crippen molar-refractivity contribution in [3.8, 4) is 22.3 Å². The molecule has 0 bridgehead atoms. The van der Waals surface area contributed by atoms with Gasteiger partial charge in [0.25, 0.3) is 0 Å². The molecule has 0 fully saturated rings. The Kier molecular flexibility index (Phi) is 15.3. The van der Waals surface area contributed by atoms with E-state index in [2.05, 4.69) is 145 Å². The van der Waals surface area contributed by atoms with Crippen molar-refractivity contribution in [3.05, 3.63) is 81.9 Å². The molecule has 0 aromatic heterocycles. The average Bonchev–Trinajstić information content (AvgIpc) is 2.91. The minimum Gasteiger partial charge on any atom is -0.382 e. The summed E-state index contributed by atoms with van der Waals surface area (Å²) in [5, 5.41) is 0. The minimum atomic E-state index is 0. The van der Waals surface area contributed by atoms with Crippen molar-refractivity contribution in [1.82, 2.24) is 0 Å². The molecule has 0 amide bonds. The second-order valence-corrected chi connectivity index (χ2v) is 15.4. The predicted octanol–water partition coefficient (Wildman–Crippen LogP) is 9.96. The Morgan fingerprint density at radius 1 is 0.545 bits per heavy atom. The van der Waals surface area contributed by atoms with Gasteiger partial charge in [0.15, 0.2) is 0 Å². The van der Waals surface area contributed by atoms with E-state index in [0.717, 1.165) is 13.2 Å². The van der Waals surface area contributed by atoms with Crippen LogP contribution in [-0.2, 0) is 15.6 Å². The quantitative estimate of drug-likeness (QED) is 0.187. The molecule has 0 saturated heterocycles. The van der Waals surface area contributed by atoms with Gasteiger partial charge in [-0.25, -0.2) is 0 Å². The van der Waals surface area contributed by atoms with E-state index in [9.17, 15) is 0 Å². The molecule has 0 aliphatic carbocycles. The van der Waals surface area contributed by atoms with Crippen LogP contribution >= 0.6 is 0 Å². The van der Waals surface area contributed by atoms with Gasteiger partial charge in [-0.1, -0.05) is 155 Å². The molecule has 0 spiro atoms. The zero-order valence-corrected chi connectivity index (χ0v) is 31.7. The molecule has 0 radical (unpaired) electrons. The molecule has 0 saturated carbocycles. The van der Waals surface area contributed by atoms with Crippen LogP contribution in [0.25, 0.3) is 22.3 Å². The standard InChI is InChI=1S/C38H53.C4H10O.Li/c1-23(2)31-19-29(37(9,10)11)20-32(24(3)4)35(31)27-16-15-17-28(18-27)36-33(25(5)6)21-30(38(12,13)14)22-34(36)26(7)8;1-3-5-4-2;/h15-17,19-26H,1-14H3;3-4H2,1-2H3;/q-1;;+1. The van der Waals surface area contributed by atoms with Gasteiger partial charge in [-0.05, 0) is 59.5 Å². The first-order chi connectivity index (χ1) is 19.8. The summed E-state index contributed by atoms with van der Waals surface area (Å²) in [6.07, 6.45) is 0. The van der Waals surface area contributed by atoms with Gasteiger partial charge < -0.3 is 4.74 Å². The molecule has 3 aromatic carbocycles. The predicted molar refractivity (Wildman–Crippen MR) is 192 cm³/mol. The third-order valence-corrected chi connectivity index (χ3v) is 8.36. The zero-order valence-electron chi connectivity index (χ0n) is 31.7. The van der Waals surface area contributed by atoms with E-state index in [1.165, 1.54) is 55.6 Å². The largest absolute Gasteiger partial charge is 1.00 e. The van der Waals surface area contributed by atoms with Crippen LogP contribution < -0.4 is 18.9 Å². The smallest absolute Gasteiger partial charge is 0.382 e. The summed E-state index contributed by atoms with van der Waals surface area (Å²) in [4.78, 5) is 0. The molecule has 0 heterocycles. The normalized spacial score (nSPS) is 12.1. The van der Waals surface area contributed by atoms with Crippen LogP contribution in [0, 0.1) is 6.07 Å². The van der Waals surface area contributed by atoms with Crippen LogP contribution in [-0.4, -0.2) is 13.2 Å². The van der Waals surface area contributed by atoms with Gasteiger partial charge in [0.1, 0.15) is 0 Å². The summed E-state index contributed by atoms with van der Waals surface area (Å²) >= 11 is 0. The van der Waals surface area contributed by atoms with Crippen molar-refractivity contribution in [2.45, 2.75) is 145 Å². The number of ether oxygens (including phenoxy) is 1. The average molecular weight is 591 g/mol. The van der Waals surface area contributed by atoms with Gasteiger partial charge in [-0.2, -0.15) is 0 Å². The molecule has 0 N–H and O–H groups in total. The summed E-state index contributed by atoms with van der Waals surface area (Å²) in [6, 6.07) is 20.6. The van der Waals surface area contributed by atoms with Crippen molar-refractivity contribution in [2.75, 3.05) is 13.2 Å². The Morgan fingerprint density at radius 2 is 0.818 bits per heavy atom. The van der Waals surface area contributed by atoms with Crippen LogP contribution in [0.1, 0.15) is 168 Å². The molecule has 44 heavy (non-hydrogen) atoms. The summed E-state index contributed by atoms with van der Waals surface area (Å²) in [5.41, 5.74) is 14.0.